The minimum absolute atomic E-state index is 0.216. The van der Waals surface area contributed by atoms with Crippen molar-refractivity contribution in [1.82, 2.24) is 10.1 Å². The van der Waals surface area contributed by atoms with Crippen LogP contribution in [-0.4, -0.2) is 40.1 Å². The summed E-state index contributed by atoms with van der Waals surface area (Å²) in [5, 5.41) is 12.7. The number of rotatable bonds is 8. The Labute approximate surface area is 153 Å². The molecule has 0 aliphatic carbocycles. The molecule has 2 aromatic rings. The second-order valence-electron chi connectivity index (χ2n) is 5.49. The van der Waals surface area contributed by atoms with Gasteiger partial charge in [-0.2, -0.15) is 0 Å². The number of hydrogen-bond acceptors (Lipinski definition) is 5. The first kappa shape index (κ1) is 19.0. The van der Waals surface area contributed by atoms with Crippen LogP contribution in [0.3, 0.4) is 0 Å². The summed E-state index contributed by atoms with van der Waals surface area (Å²) in [6, 6.07) is 6.66. The number of benzene rings is 1. The quantitative estimate of drug-likeness (QED) is 0.717. The SMILES string of the molecule is CCCN(CC(=O)O)C(=O)c1ccc(OCc2cc(C)no2)c(Br)c1. The van der Waals surface area contributed by atoms with Gasteiger partial charge in [-0.1, -0.05) is 12.1 Å². The monoisotopic (exact) mass is 410 g/mol. The van der Waals surface area contributed by atoms with E-state index in [1.165, 1.54) is 4.90 Å². The van der Waals surface area contributed by atoms with Gasteiger partial charge in [0, 0.05) is 18.2 Å². The van der Waals surface area contributed by atoms with Crippen molar-refractivity contribution >= 4 is 27.8 Å². The normalized spacial score (nSPS) is 10.5. The topological polar surface area (TPSA) is 92.9 Å². The molecule has 1 N–H and O–H groups in total. The molecule has 1 aromatic carbocycles. The lowest BCUT2D eigenvalue weighted by molar-refractivity contribution is -0.137. The van der Waals surface area contributed by atoms with Gasteiger partial charge in [-0.3, -0.25) is 9.59 Å². The molecule has 0 saturated heterocycles. The van der Waals surface area contributed by atoms with Gasteiger partial charge in [0.1, 0.15) is 18.9 Å². The average Bonchev–Trinajstić information content (AvgIpc) is 2.97. The number of amides is 1. The van der Waals surface area contributed by atoms with Gasteiger partial charge in [0.2, 0.25) is 0 Å². The minimum atomic E-state index is -1.04. The fourth-order valence-electron chi connectivity index (χ4n) is 2.25. The summed E-state index contributed by atoms with van der Waals surface area (Å²) in [5.41, 5.74) is 1.16. The molecule has 0 bridgehead atoms. The van der Waals surface area contributed by atoms with Crippen molar-refractivity contribution in [3.8, 4) is 5.75 Å². The molecule has 7 nitrogen and oxygen atoms in total. The number of aromatic nitrogens is 1. The van der Waals surface area contributed by atoms with Crippen LogP contribution in [0.5, 0.6) is 5.75 Å². The molecule has 0 atom stereocenters. The van der Waals surface area contributed by atoms with Crippen LogP contribution in [0.4, 0.5) is 0 Å². The smallest absolute Gasteiger partial charge is 0.323 e. The first-order chi connectivity index (χ1) is 11.9. The number of carboxylic acids is 1. The third kappa shape index (κ3) is 5.32. The largest absolute Gasteiger partial charge is 0.484 e. The molecule has 0 radical (unpaired) electrons. The molecule has 134 valence electrons. The maximum absolute atomic E-state index is 12.5. The number of hydrogen-bond donors (Lipinski definition) is 1. The number of aryl methyl sites for hydroxylation is 1. The van der Waals surface area contributed by atoms with E-state index in [-0.39, 0.29) is 19.1 Å². The number of carbonyl (C=O) groups is 2. The Kier molecular flexibility index (Phi) is 6.58. The number of aliphatic carboxylic acids is 1. The standard InChI is InChI=1S/C17H19BrN2O5/c1-3-6-20(9-16(21)22)17(23)12-4-5-15(14(18)8-12)24-10-13-7-11(2)19-25-13/h4-5,7-8H,3,6,9-10H2,1-2H3,(H,21,22). The van der Waals surface area contributed by atoms with Crippen LogP contribution < -0.4 is 4.74 Å². The van der Waals surface area contributed by atoms with E-state index in [9.17, 15) is 9.59 Å². The second kappa shape index (κ2) is 8.66. The zero-order valence-corrected chi connectivity index (χ0v) is 15.6. The maximum Gasteiger partial charge on any atom is 0.323 e. The molecule has 1 aromatic heterocycles. The van der Waals surface area contributed by atoms with E-state index < -0.39 is 5.97 Å². The maximum atomic E-state index is 12.5. The Morgan fingerprint density at radius 3 is 2.68 bits per heavy atom. The highest BCUT2D eigenvalue weighted by Crippen LogP contribution is 2.27. The number of carbonyl (C=O) groups excluding carboxylic acids is 1. The Bertz CT molecular complexity index is 759. The lowest BCUT2D eigenvalue weighted by Crippen LogP contribution is -2.36. The molecule has 0 fully saturated rings. The zero-order chi connectivity index (χ0) is 18.4. The summed E-state index contributed by atoms with van der Waals surface area (Å²) >= 11 is 3.37. The van der Waals surface area contributed by atoms with E-state index in [0.29, 0.717) is 34.5 Å². The number of ether oxygens (including phenoxy) is 1. The highest BCUT2D eigenvalue weighted by molar-refractivity contribution is 9.10. The summed E-state index contributed by atoms with van der Waals surface area (Å²) < 4.78 is 11.3. The van der Waals surface area contributed by atoms with Crippen LogP contribution in [0.15, 0.2) is 33.3 Å². The highest BCUT2D eigenvalue weighted by atomic mass is 79.9. The Morgan fingerprint density at radius 1 is 1.36 bits per heavy atom. The zero-order valence-electron chi connectivity index (χ0n) is 14.0. The first-order valence-corrected chi connectivity index (χ1v) is 8.55. The lowest BCUT2D eigenvalue weighted by atomic mass is 10.2. The third-order valence-corrected chi connectivity index (χ3v) is 3.95. The van der Waals surface area contributed by atoms with Gasteiger partial charge in [0.15, 0.2) is 5.76 Å². The number of carboxylic acid groups (broad SMARTS) is 1. The summed E-state index contributed by atoms with van der Waals surface area (Å²) in [7, 11) is 0. The van der Waals surface area contributed by atoms with Crippen LogP contribution >= 0.6 is 15.9 Å². The molecule has 0 spiro atoms. The van der Waals surface area contributed by atoms with Gasteiger partial charge in [-0.05, 0) is 47.5 Å². The van der Waals surface area contributed by atoms with Gasteiger partial charge < -0.3 is 19.3 Å². The van der Waals surface area contributed by atoms with Crippen molar-refractivity contribution in [3.05, 3.63) is 45.8 Å². The lowest BCUT2D eigenvalue weighted by Gasteiger charge is -2.20. The molecule has 25 heavy (non-hydrogen) atoms. The molecular weight excluding hydrogens is 392 g/mol. The second-order valence-corrected chi connectivity index (χ2v) is 6.34. The van der Waals surface area contributed by atoms with E-state index in [0.717, 1.165) is 5.69 Å². The Balaban J connectivity index is 2.08. The molecule has 0 unspecified atom stereocenters. The van der Waals surface area contributed by atoms with Gasteiger partial charge in [-0.15, -0.1) is 0 Å². The summed E-state index contributed by atoms with van der Waals surface area (Å²) in [4.78, 5) is 24.7. The third-order valence-electron chi connectivity index (χ3n) is 3.33. The van der Waals surface area contributed by atoms with Crippen molar-refractivity contribution in [3.63, 3.8) is 0 Å². The Morgan fingerprint density at radius 2 is 2.12 bits per heavy atom. The van der Waals surface area contributed by atoms with Crippen LogP contribution in [0, 0.1) is 6.92 Å². The summed E-state index contributed by atoms with van der Waals surface area (Å²) in [6.07, 6.45) is 0.679. The summed E-state index contributed by atoms with van der Waals surface area (Å²) in [5.74, 6) is -0.225. The van der Waals surface area contributed by atoms with Crippen LogP contribution in [0.25, 0.3) is 0 Å². The molecular formula is C17H19BrN2O5. The first-order valence-electron chi connectivity index (χ1n) is 7.76. The molecule has 1 heterocycles. The van der Waals surface area contributed by atoms with Crippen molar-refractivity contribution in [2.75, 3.05) is 13.1 Å². The van der Waals surface area contributed by atoms with E-state index in [1.54, 1.807) is 24.3 Å². The predicted octanol–water partition coefficient (Wildman–Crippen LogP) is 3.26. The van der Waals surface area contributed by atoms with Crippen molar-refractivity contribution in [2.24, 2.45) is 0 Å². The molecule has 0 saturated carbocycles. The van der Waals surface area contributed by atoms with Crippen LogP contribution in [0.2, 0.25) is 0 Å². The van der Waals surface area contributed by atoms with Crippen LogP contribution in [0.1, 0.15) is 35.2 Å². The number of nitrogens with zero attached hydrogens (tertiary/aromatic N) is 2. The van der Waals surface area contributed by atoms with E-state index in [4.69, 9.17) is 14.4 Å². The van der Waals surface area contributed by atoms with E-state index in [1.807, 2.05) is 13.8 Å². The average molecular weight is 411 g/mol. The Hall–Kier alpha value is -2.35. The van der Waals surface area contributed by atoms with Gasteiger partial charge >= 0.3 is 5.97 Å². The fourth-order valence-corrected chi connectivity index (χ4v) is 2.75. The minimum Gasteiger partial charge on any atom is -0.484 e. The van der Waals surface area contributed by atoms with Gasteiger partial charge in [0.25, 0.3) is 5.91 Å². The van der Waals surface area contributed by atoms with Crippen molar-refractivity contribution in [1.29, 1.82) is 0 Å². The summed E-state index contributed by atoms with van der Waals surface area (Å²) in [6.45, 7) is 3.98. The molecule has 8 heteroatoms. The highest BCUT2D eigenvalue weighted by Gasteiger charge is 2.19. The van der Waals surface area contributed by atoms with Gasteiger partial charge in [-0.25, -0.2) is 0 Å². The molecule has 2 rings (SSSR count). The van der Waals surface area contributed by atoms with Crippen LogP contribution in [-0.2, 0) is 11.4 Å². The van der Waals surface area contributed by atoms with Crippen molar-refractivity contribution in [2.45, 2.75) is 26.9 Å². The van der Waals surface area contributed by atoms with Crippen molar-refractivity contribution < 1.29 is 24.0 Å². The van der Waals surface area contributed by atoms with Gasteiger partial charge in [0.05, 0.1) is 10.2 Å². The molecule has 1 amide bonds. The van der Waals surface area contributed by atoms with E-state index >= 15 is 0 Å². The fraction of sp³-hybridized carbons (Fsp3) is 0.353. The molecule has 0 aliphatic rings. The number of halogens is 1. The van der Waals surface area contributed by atoms with E-state index in [2.05, 4.69) is 21.1 Å². The predicted molar refractivity (Wildman–Crippen MR) is 93.5 cm³/mol. The molecule has 0 aliphatic heterocycles.